The topological polar surface area (TPSA) is 32.7 Å². The third-order valence-corrected chi connectivity index (χ3v) is 4.93. The first-order valence-electron chi connectivity index (χ1n) is 8.01. The van der Waals surface area contributed by atoms with Crippen molar-refractivity contribution >= 4 is 0 Å². The summed E-state index contributed by atoms with van der Waals surface area (Å²) in [6.07, 6.45) is 3.36. The minimum atomic E-state index is -0.285. The van der Waals surface area contributed by atoms with Crippen LogP contribution < -0.4 is 0 Å². The molecule has 4 unspecified atom stereocenters. The van der Waals surface area contributed by atoms with Gasteiger partial charge in [-0.25, -0.2) is 0 Å². The first-order chi connectivity index (χ1) is 8.97. The molecule has 1 saturated heterocycles. The molecule has 3 heteroatoms. The molecule has 1 heterocycles. The molecule has 0 aromatic heterocycles. The van der Waals surface area contributed by atoms with Gasteiger partial charge in [-0.3, -0.25) is 4.90 Å². The van der Waals surface area contributed by atoms with E-state index in [0.29, 0.717) is 12.0 Å². The zero-order valence-electron chi connectivity index (χ0n) is 13.0. The van der Waals surface area contributed by atoms with Gasteiger partial charge in [-0.05, 0) is 50.9 Å². The van der Waals surface area contributed by atoms with Crippen molar-refractivity contribution in [3.8, 4) is 0 Å². The SMILES string of the molecule is CC1CC(C)CC(C(O)C2CN(C(C)C)CCO2)C1. The van der Waals surface area contributed by atoms with Crippen molar-refractivity contribution in [2.75, 3.05) is 19.7 Å². The van der Waals surface area contributed by atoms with Gasteiger partial charge in [-0.2, -0.15) is 0 Å². The van der Waals surface area contributed by atoms with E-state index >= 15 is 0 Å². The molecule has 0 aromatic rings. The van der Waals surface area contributed by atoms with Gasteiger partial charge in [0.05, 0.1) is 18.8 Å². The molecule has 1 aliphatic heterocycles. The zero-order valence-corrected chi connectivity index (χ0v) is 13.0. The van der Waals surface area contributed by atoms with Crippen LogP contribution in [-0.4, -0.2) is 48.0 Å². The molecular weight excluding hydrogens is 238 g/mol. The summed E-state index contributed by atoms with van der Waals surface area (Å²) < 4.78 is 5.85. The van der Waals surface area contributed by atoms with Crippen LogP contribution >= 0.6 is 0 Å². The van der Waals surface area contributed by atoms with Crippen molar-refractivity contribution in [3.63, 3.8) is 0 Å². The van der Waals surface area contributed by atoms with Crippen LogP contribution in [0.25, 0.3) is 0 Å². The van der Waals surface area contributed by atoms with E-state index in [1.165, 1.54) is 6.42 Å². The predicted octanol–water partition coefficient (Wildman–Crippen LogP) is 2.53. The molecule has 0 amide bonds. The van der Waals surface area contributed by atoms with Crippen LogP contribution in [0.2, 0.25) is 0 Å². The van der Waals surface area contributed by atoms with Gasteiger partial charge in [0.15, 0.2) is 0 Å². The van der Waals surface area contributed by atoms with Crippen molar-refractivity contribution in [2.45, 2.75) is 65.2 Å². The van der Waals surface area contributed by atoms with Gasteiger partial charge in [-0.15, -0.1) is 0 Å². The molecule has 3 nitrogen and oxygen atoms in total. The molecule has 19 heavy (non-hydrogen) atoms. The maximum atomic E-state index is 10.7. The fraction of sp³-hybridized carbons (Fsp3) is 1.00. The van der Waals surface area contributed by atoms with Gasteiger partial charge in [-0.1, -0.05) is 13.8 Å². The Morgan fingerprint density at radius 1 is 1.11 bits per heavy atom. The Kier molecular flexibility index (Phi) is 5.27. The Morgan fingerprint density at radius 2 is 1.74 bits per heavy atom. The molecule has 4 atom stereocenters. The third kappa shape index (κ3) is 3.93. The lowest BCUT2D eigenvalue weighted by atomic mass is 9.73. The molecule has 1 aliphatic carbocycles. The normalized spacial score (nSPS) is 39.5. The summed E-state index contributed by atoms with van der Waals surface area (Å²) in [5, 5.41) is 10.7. The molecule has 2 aliphatic rings. The maximum absolute atomic E-state index is 10.7. The summed E-state index contributed by atoms with van der Waals surface area (Å²) in [6.45, 7) is 11.7. The number of ether oxygens (including phenoxy) is 1. The van der Waals surface area contributed by atoms with E-state index in [4.69, 9.17) is 4.74 Å². The van der Waals surface area contributed by atoms with Crippen molar-refractivity contribution in [2.24, 2.45) is 17.8 Å². The highest BCUT2D eigenvalue weighted by atomic mass is 16.5. The van der Waals surface area contributed by atoms with E-state index < -0.39 is 0 Å². The summed E-state index contributed by atoms with van der Waals surface area (Å²) in [4.78, 5) is 2.42. The average molecular weight is 269 g/mol. The van der Waals surface area contributed by atoms with Crippen molar-refractivity contribution in [1.29, 1.82) is 0 Å². The fourth-order valence-corrected chi connectivity index (χ4v) is 3.96. The summed E-state index contributed by atoms with van der Waals surface area (Å²) in [6, 6.07) is 0.544. The number of nitrogens with zero attached hydrogens (tertiary/aromatic N) is 1. The van der Waals surface area contributed by atoms with E-state index in [1.807, 2.05) is 0 Å². The lowest BCUT2D eigenvalue weighted by molar-refractivity contribution is -0.118. The van der Waals surface area contributed by atoms with Crippen LogP contribution in [0.15, 0.2) is 0 Å². The number of hydrogen-bond acceptors (Lipinski definition) is 3. The number of aliphatic hydroxyl groups is 1. The van der Waals surface area contributed by atoms with E-state index in [-0.39, 0.29) is 12.2 Å². The molecule has 2 rings (SSSR count). The Balaban J connectivity index is 1.92. The molecule has 0 aromatic carbocycles. The van der Waals surface area contributed by atoms with Gasteiger partial charge >= 0.3 is 0 Å². The van der Waals surface area contributed by atoms with Crippen LogP contribution in [0, 0.1) is 17.8 Å². The van der Waals surface area contributed by atoms with Crippen LogP contribution in [0.5, 0.6) is 0 Å². The first kappa shape index (κ1) is 15.3. The predicted molar refractivity (Wildman–Crippen MR) is 78.1 cm³/mol. The molecule has 1 saturated carbocycles. The largest absolute Gasteiger partial charge is 0.390 e. The maximum Gasteiger partial charge on any atom is 0.0963 e. The van der Waals surface area contributed by atoms with Gasteiger partial charge in [0.25, 0.3) is 0 Å². The number of morpholine rings is 1. The number of hydrogen-bond donors (Lipinski definition) is 1. The zero-order chi connectivity index (χ0) is 14.0. The van der Waals surface area contributed by atoms with Gasteiger partial charge in [0.2, 0.25) is 0 Å². The van der Waals surface area contributed by atoms with Crippen LogP contribution in [0.4, 0.5) is 0 Å². The van der Waals surface area contributed by atoms with Crippen LogP contribution in [-0.2, 0) is 4.74 Å². The molecule has 112 valence electrons. The van der Waals surface area contributed by atoms with Crippen molar-refractivity contribution in [1.82, 2.24) is 4.90 Å². The van der Waals surface area contributed by atoms with Crippen molar-refractivity contribution in [3.05, 3.63) is 0 Å². The summed E-state index contributed by atoms with van der Waals surface area (Å²) in [7, 11) is 0. The standard InChI is InChI=1S/C16H31NO2/c1-11(2)17-5-6-19-15(10-17)16(18)14-8-12(3)7-13(4)9-14/h11-16,18H,5-10H2,1-4H3. The molecule has 1 N–H and O–H groups in total. The second-order valence-corrected chi connectivity index (χ2v) is 7.17. The fourth-order valence-electron chi connectivity index (χ4n) is 3.96. The summed E-state index contributed by atoms with van der Waals surface area (Å²) in [5.74, 6) is 1.91. The first-order valence-corrected chi connectivity index (χ1v) is 8.01. The Morgan fingerprint density at radius 3 is 2.32 bits per heavy atom. The van der Waals surface area contributed by atoms with E-state index in [9.17, 15) is 5.11 Å². The Labute approximate surface area is 118 Å². The highest BCUT2D eigenvalue weighted by molar-refractivity contribution is 4.87. The number of aliphatic hydroxyl groups excluding tert-OH is 1. The monoisotopic (exact) mass is 269 g/mol. The number of rotatable bonds is 3. The lowest BCUT2D eigenvalue weighted by Gasteiger charge is -2.42. The van der Waals surface area contributed by atoms with Crippen molar-refractivity contribution < 1.29 is 9.84 Å². The van der Waals surface area contributed by atoms with Crippen LogP contribution in [0.1, 0.15) is 47.0 Å². The lowest BCUT2D eigenvalue weighted by Crippen LogP contribution is -2.52. The highest BCUT2D eigenvalue weighted by Crippen LogP contribution is 2.36. The second-order valence-electron chi connectivity index (χ2n) is 7.17. The van der Waals surface area contributed by atoms with Crippen LogP contribution in [0.3, 0.4) is 0 Å². The van der Waals surface area contributed by atoms with Gasteiger partial charge in [0, 0.05) is 19.1 Å². The smallest absolute Gasteiger partial charge is 0.0963 e. The van der Waals surface area contributed by atoms with E-state index in [0.717, 1.165) is 44.4 Å². The van der Waals surface area contributed by atoms with Gasteiger partial charge in [0.1, 0.15) is 0 Å². The molecule has 2 fully saturated rings. The summed E-state index contributed by atoms with van der Waals surface area (Å²) >= 11 is 0. The second kappa shape index (κ2) is 6.55. The quantitative estimate of drug-likeness (QED) is 0.854. The third-order valence-electron chi connectivity index (χ3n) is 4.93. The molecule has 0 bridgehead atoms. The minimum Gasteiger partial charge on any atom is -0.390 e. The Hall–Kier alpha value is -0.120. The summed E-state index contributed by atoms with van der Waals surface area (Å²) in [5.41, 5.74) is 0. The Bertz CT molecular complexity index is 272. The van der Waals surface area contributed by atoms with Gasteiger partial charge < -0.3 is 9.84 Å². The molecular formula is C16H31NO2. The highest BCUT2D eigenvalue weighted by Gasteiger charge is 2.36. The molecule has 0 radical (unpaired) electrons. The molecule has 0 spiro atoms. The average Bonchev–Trinajstić information content (AvgIpc) is 2.37. The minimum absolute atomic E-state index is 0.0126. The van der Waals surface area contributed by atoms with E-state index in [2.05, 4.69) is 32.6 Å². The van der Waals surface area contributed by atoms with E-state index in [1.54, 1.807) is 0 Å².